The van der Waals surface area contributed by atoms with Gasteiger partial charge in [0.05, 0.1) is 16.9 Å². The lowest BCUT2D eigenvalue weighted by atomic mass is 9.77. The third-order valence-electron chi connectivity index (χ3n) is 7.11. The maximum atomic E-state index is 15.4. The van der Waals surface area contributed by atoms with Crippen LogP contribution in [0, 0.1) is 5.82 Å². The molecule has 1 aromatic heterocycles. The van der Waals surface area contributed by atoms with Crippen LogP contribution >= 0.6 is 15.9 Å². The molecule has 0 radical (unpaired) electrons. The number of aldehydes is 1. The summed E-state index contributed by atoms with van der Waals surface area (Å²) in [7, 11) is 0. The van der Waals surface area contributed by atoms with Crippen LogP contribution < -0.4 is 10.2 Å². The van der Waals surface area contributed by atoms with E-state index < -0.39 is 34.8 Å². The number of aliphatic imine (C=N–C) groups is 1. The van der Waals surface area contributed by atoms with Gasteiger partial charge < -0.3 is 10.2 Å². The van der Waals surface area contributed by atoms with Crippen LogP contribution in [0.25, 0.3) is 0 Å². The highest BCUT2D eigenvalue weighted by molar-refractivity contribution is 9.10. The molecular weight excluding hydrogens is 551 g/mol. The molecule has 1 saturated carbocycles. The first-order valence-electron chi connectivity index (χ1n) is 11.3. The van der Waals surface area contributed by atoms with Gasteiger partial charge in [-0.2, -0.15) is 13.2 Å². The fourth-order valence-corrected chi connectivity index (χ4v) is 5.34. The summed E-state index contributed by atoms with van der Waals surface area (Å²) in [6.07, 6.45) is -3.29. The summed E-state index contributed by atoms with van der Waals surface area (Å²) < 4.78 is 69.9. The van der Waals surface area contributed by atoms with Gasteiger partial charge in [-0.25, -0.2) is 13.8 Å². The topological polar surface area (TPSA) is 74.7 Å². The Morgan fingerprint density at radius 2 is 1.81 bits per heavy atom. The molecule has 1 amide bonds. The maximum absolute atomic E-state index is 15.4. The van der Waals surface area contributed by atoms with Crippen molar-refractivity contribution in [1.29, 1.82) is 0 Å². The number of piperidine rings is 1. The van der Waals surface area contributed by atoms with Crippen LogP contribution in [0.2, 0.25) is 0 Å². The van der Waals surface area contributed by atoms with E-state index in [2.05, 4.69) is 31.2 Å². The molecule has 5 rings (SSSR count). The number of nitrogens with zero attached hydrogens (tertiary/aromatic N) is 3. The second-order valence-corrected chi connectivity index (χ2v) is 10.2. The molecule has 0 unspecified atom stereocenters. The number of carbonyl (C=O) groups is 2. The van der Waals surface area contributed by atoms with Crippen molar-refractivity contribution in [2.45, 2.75) is 49.5 Å². The predicted octanol–water partition coefficient (Wildman–Crippen LogP) is 5.08. The number of carbonyl (C=O) groups excluding carboxylic acids is 2. The summed E-state index contributed by atoms with van der Waals surface area (Å²) in [5.41, 5.74) is -4.46. The Labute approximate surface area is 211 Å². The zero-order valence-electron chi connectivity index (χ0n) is 18.8. The van der Waals surface area contributed by atoms with Crippen molar-refractivity contribution in [3.05, 3.63) is 57.1 Å². The van der Waals surface area contributed by atoms with E-state index in [-0.39, 0.29) is 61.4 Å². The normalized spacial score (nSPS) is 20.7. The number of halogens is 6. The van der Waals surface area contributed by atoms with E-state index in [4.69, 9.17) is 0 Å². The zero-order chi connectivity index (χ0) is 25.9. The van der Waals surface area contributed by atoms with Gasteiger partial charge in [-0.15, -0.1) is 0 Å². The molecule has 1 aliphatic carbocycles. The molecule has 2 fully saturated rings. The summed E-state index contributed by atoms with van der Waals surface area (Å²) in [6.45, 7) is 0.540. The first-order chi connectivity index (χ1) is 17.0. The SMILES string of the molecule is O=Cc1c(F)cc(Br)cc1N1CCC2(CC1)N=C(c1ccc(C(F)(F)F)nc1C1(F)CCC1)NC2=O. The van der Waals surface area contributed by atoms with E-state index in [0.717, 1.165) is 12.1 Å². The van der Waals surface area contributed by atoms with E-state index in [0.29, 0.717) is 22.9 Å². The molecule has 6 nitrogen and oxygen atoms in total. The Kier molecular flexibility index (Phi) is 5.92. The molecular formula is C24H20BrF5N4O2. The van der Waals surface area contributed by atoms with Gasteiger partial charge in [0.25, 0.3) is 5.91 Å². The molecule has 2 aliphatic heterocycles. The molecule has 12 heteroatoms. The van der Waals surface area contributed by atoms with Crippen molar-refractivity contribution in [2.24, 2.45) is 4.99 Å². The molecule has 0 atom stereocenters. The van der Waals surface area contributed by atoms with Crippen molar-refractivity contribution in [3.63, 3.8) is 0 Å². The van der Waals surface area contributed by atoms with E-state index in [1.807, 2.05) is 0 Å². The minimum absolute atomic E-state index is 0.00400. The van der Waals surface area contributed by atoms with Crippen molar-refractivity contribution < 1.29 is 31.5 Å². The van der Waals surface area contributed by atoms with Gasteiger partial charge in [0.1, 0.15) is 22.9 Å². The molecule has 1 N–H and O–H groups in total. The Bertz CT molecular complexity index is 1280. The van der Waals surface area contributed by atoms with E-state index >= 15 is 4.39 Å². The summed E-state index contributed by atoms with van der Waals surface area (Å²) in [4.78, 5) is 34.4. The van der Waals surface area contributed by atoms with Crippen molar-refractivity contribution in [2.75, 3.05) is 18.0 Å². The number of rotatable bonds is 4. The molecule has 0 bridgehead atoms. The Morgan fingerprint density at radius 1 is 1.11 bits per heavy atom. The smallest absolute Gasteiger partial charge is 0.371 e. The van der Waals surface area contributed by atoms with Crippen molar-refractivity contribution in [1.82, 2.24) is 10.3 Å². The Morgan fingerprint density at radius 3 is 2.39 bits per heavy atom. The summed E-state index contributed by atoms with van der Waals surface area (Å²) in [5, 5.41) is 2.63. The third kappa shape index (κ3) is 4.08. The lowest BCUT2D eigenvalue weighted by Gasteiger charge is -2.37. The first kappa shape index (κ1) is 24.8. The molecule has 36 heavy (non-hydrogen) atoms. The fourth-order valence-electron chi connectivity index (χ4n) is 4.92. The average molecular weight is 571 g/mol. The summed E-state index contributed by atoms with van der Waals surface area (Å²) >= 11 is 3.22. The standard InChI is InChI=1S/C24H20BrF5N4O2/c25-13-10-16(26)15(12-35)17(11-13)34-8-6-23(7-9-34)21(36)32-20(33-23)14-2-3-18(24(28,29)30)31-19(14)22(27)4-1-5-22/h2-3,10-12H,1,4-9H2,(H,32,33,36). The monoisotopic (exact) mass is 570 g/mol. The number of hydrogen-bond donors (Lipinski definition) is 1. The van der Waals surface area contributed by atoms with E-state index in [9.17, 15) is 27.2 Å². The van der Waals surface area contributed by atoms with Crippen molar-refractivity contribution in [3.8, 4) is 0 Å². The third-order valence-corrected chi connectivity index (χ3v) is 7.57. The predicted molar refractivity (Wildman–Crippen MR) is 124 cm³/mol. The fraction of sp³-hybridized carbons (Fsp3) is 0.417. The molecule has 2 aromatic rings. The molecule has 1 spiro atoms. The number of aromatic nitrogens is 1. The molecule has 3 heterocycles. The average Bonchev–Trinajstić information content (AvgIpc) is 3.12. The van der Waals surface area contributed by atoms with Gasteiger partial charge in [0, 0.05) is 23.1 Å². The second-order valence-electron chi connectivity index (χ2n) is 9.28. The molecule has 190 valence electrons. The van der Waals surface area contributed by atoms with Crippen LogP contribution in [0.5, 0.6) is 0 Å². The highest BCUT2D eigenvalue weighted by atomic mass is 79.9. The molecule has 3 aliphatic rings. The number of hydrogen-bond acceptors (Lipinski definition) is 5. The van der Waals surface area contributed by atoms with E-state index in [1.165, 1.54) is 6.07 Å². The van der Waals surface area contributed by atoms with E-state index in [1.54, 1.807) is 11.0 Å². The first-order valence-corrected chi connectivity index (χ1v) is 12.1. The maximum Gasteiger partial charge on any atom is 0.433 e. The van der Waals surface area contributed by atoms with Crippen LogP contribution in [0.15, 0.2) is 33.7 Å². The summed E-state index contributed by atoms with van der Waals surface area (Å²) in [6, 6.07) is 4.67. The minimum atomic E-state index is -4.74. The van der Waals surface area contributed by atoms with Crippen LogP contribution in [0.4, 0.5) is 27.6 Å². The van der Waals surface area contributed by atoms with Gasteiger partial charge in [0.2, 0.25) is 0 Å². The molecule has 1 aromatic carbocycles. The number of nitrogens with one attached hydrogen (secondary N) is 1. The quantitative estimate of drug-likeness (QED) is 0.411. The summed E-state index contributed by atoms with van der Waals surface area (Å²) in [5.74, 6) is -1.12. The van der Waals surface area contributed by atoms with Gasteiger partial charge in [-0.05, 0) is 56.4 Å². The van der Waals surface area contributed by atoms with Gasteiger partial charge in [-0.3, -0.25) is 14.6 Å². The van der Waals surface area contributed by atoms with Gasteiger partial charge >= 0.3 is 6.18 Å². The lowest BCUT2D eigenvalue weighted by Crippen LogP contribution is -2.49. The zero-order valence-corrected chi connectivity index (χ0v) is 20.3. The van der Waals surface area contributed by atoms with Gasteiger partial charge in [0.15, 0.2) is 12.0 Å². The number of benzene rings is 1. The van der Waals surface area contributed by atoms with Crippen LogP contribution in [0.3, 0.4) is 0 Å². The lowest BCUT2D eigenvalue weighted by molar-refractivity contribution is -0.141. The highest BCUT2D eigenvalue weighted by Crippen LogP contribution is 2.47. The number of amidine groups is 1. The largest absolute Gasteiger partial charge is 0.433 e. The second kappa shape index (κ2) is 8.60. The number of amides is 1. The Balaban J connectivity index is 1.46. The van der Waals surface area contributed by atoms with Crippen LogP contribution in [-0.4, -0.2) is 41.6 Å². The molecule has 1 saturated heterocycles. The van der Waals surface area contributed by atoms with Crippen LogP contribution in [-0.2, 0) is 16.6 Å². The minimum Gasteiger partial charge on any atom is -0.371 e. The Hall–Kier alpha value is -2.89. The van der Waals surface area contributed by atoms with Crippen LogP contribution in [0.1, 0.15) is 59.4 Å². The number of anilines is 1. The van der Waals surface area contributed by atoms with Gasteiger partial charge in [-0.1, -0.05) is 15.9 Å². The van der Waals surface area contributed by atoms with Crippen molar-refractivity contribution >= 4 is 39.6 Å². The number of alkyl halides is 4. The highest BCUT2D eigenvalue weighted by Gasteiger charge is 2.49. The number of pyridine rings is 1.